The standard InChI is InChI=1S/C16H13N4/c17-12-11-14-13-20(19-18-14,15-7-3-1-4-8-15)16-9-5-2-6-10-16/h1-10,13H,11H2/q+1. The third kappa shape index (κ3) is 2.00. The number of nitriles is 1. The first-order valence-electron chi connectivity index (χ1n) is 6.37. The lowest BCUT2D eigenvalue weighted by molar-refractivity contribution is 0.527. The van der Waals surface area contributed by atoms with Crippen molar-refractivity contribution in [1.82, 2.24) is 4.59 Å². The predicted molar refractivity (Wildman–Crippen MR) is 77.5 cm³/mol. The molecule has 4 heteroatoms. The smallest absolute Gasteiger partial charge is 0.170 e. The Kier molecular flexibility index (Phi) is 3.12. The summed E-state index contributed by atoms with van der Waals surface area (Å²) in [6.07, 6.45) is 2.19. The lowest BCUT2D eigenvalue weighted by atomic mass is 10.2. The van der Waals surface area contributed by atoms with Crippen molar-refractivity contribution in [1.29, 1.82) is 5.26 Å². The minimum atomic E-state index is 0.179. The van der Waals surface area contributed by atoms with Crippen LogP contribution >= 0.6 is 0 Å². The molecule has 0 aliphatic carbocycles. The number of allylic oxidation sites excluding steroid dienone is 1. The molecule has 0 aromatic heterocycles. The fourth-order valence-corrected chi connectivity index (χ4v) is 2.27. The number of benzene rings is 2. The summed E-state index contributed by atoms with van der Waals surface area (Å²) in [5.41, 5.74) is 2.69. The van der Waals surface area contributed by atoms with Crippen LogP contribution in [-0.4, -0.2) is 0 Å². The summed E-state index contributed by atoms with van der Waals surface area (Å²) in [6.45, 7) is 0. The fraction of sp³-hybridized carbons (Fsp3) is 0.0625. The molecular formula is C16H13N4+. The average Bonchev–Trinajstić information content (AvgIpc) is 2.95. The normalized spacial score (nSPS) is 15.7. The summed E-state index contributed by atoms with van der Waals surface area (Å²) in [6, 6.07) is 22.0. The molecule has 2 aromatic carbocycles. The lowest BCUT2D eigenvalue weighted by Gasteiger charge is -2.22. The van der Waals surface area contributed by atoms with Gasteiger partial charge in [-0.15, -0.1) is 0 Å². The van der Waals surface area contributed by atoms with Crippen molar-refractivity contribution in [3.63, 3.8) is 0 Å². The zero-order valence-electron chi connectivity index (χ0n) is 10.8. The maximum absolute atomic E-state index is 8.84. The van der Waals surface area contributed by atoms with E-state index in [9.17, 15) is 0 Å². The highest BCUT2D eigenvalue weighted by molar-refractivity contribution is 5.60. The molecule has 0 fully saturated rings. The molecule has 0 saturated heterocycles. The first-order valence-corrected chi connectivity index (χ1v) is 6.37. The van der Waals surface area contributed by atoms with E-state index in [1.807, 2.05) is 66.9 Å². The maximum Gasteiger partial charge on any atom is 0.170 e. The Morgan fingerprint density at radius 2 is 1.45 bits per heavy atom. The van der Waals surface area contributed by atoms with Crippen LogP contribution in [0.3, 0.4) is 0 Å². The molecule has 2 aromatic rings. The van der Waals surface area contributed by atoms with Crippen molar-refractivity contribution >= 4 is 11.4 Å². The van der Waals surface area contributed by atoms with Gasteiger partial charge in [-0.1, -0.05) is 46.1 Å². The first kappa shape index (κ1) is 12.3. The molecule has 1 aliphatic rings. The number of para-hydroxylation sites is 2. The van der Waals surface area contributed by atoms with E-state index in [1.54, 1.807) is 0 Å². The van der Waals surface area contributed by atoms with Crippen LogP contribution in [0.1, 0.15) is 6.42 Å². The molecule has 0 amide bonds. The van der Waals surface area contributed by atoms with E-state index in [1.165, 1.54) is 0 Å². The number of nitrogens with zero attached hydrogens (tertiary/aromatic N) is 4. The van der Waals surface area contributed by atoms with Crippen LogP contribution in [0.15, 0.2) is 82.9 Å². The zero-order chi connectivity index (χ0) is 13.8. The van der Waals surface area contributed by atoms with Crippen LogP contribution in [-0.2, 0) is 0 Å². The monoisotopic (exact) mass is 261 g/mol. The minimum absolute atomic E-state index is 0.179. The van der Waals surface area contributed by atoms with Gasteiger partial charge in [-0.05, 0) is 0 Å². The zero-order valence-corrected chi connectivity index (χ0v) is 10.8. The molecule has 0 saturated carbocycles. The minimum Gasteiger partial charge on any atom is -0.198 e. The molecule has 3 rings (SSSR count). The Bertz CT molecular complexity index is 657. The van der Waals surface area contributed by atoms with E-state index in [0.717, 1.165) is 11.4 Å². The fourth-order valence-electron chi connectivity index (χ4n) is 2.27. The van der Waals surface area contributed by atoms with E-state index >= 15 is 0 Å². The highest BCUT2D eigenvalue weighted by atomic mass is 15.7. The Morgan fingerprint density at radius 3 is 1.95 bits per heavy atom. The van der Waals surface area contributed by atoms with Crippen molar-refractivity contribution < 1.29 is 0 Å². The van der Waals surface area contributed by atoms with Crippen LogP contribution in [0.4, 0.5) is 11.4 Å². The van der Waals surface area contributed by atoms with Gasteiger partial charge in [0.25, 0.3) is 0 Å². The highest BCUT2D eigenvalue weighted by Gasteiger charge is 2.37. The Hall–Kier alpha value is -2.77. The van der Waals surface area contributed by atoms with Gasteiger partial charge in [-0.25, -0.2) is 0 Å². The number of hydrogen-bond acceptors (Lipinski definition) is 3. The Morgan fingerprint density at radius 1 is 0.900 bits per heavy atom. The SMILES string of the molecule is N#CCC1=C[N+](c2ccccc2)(c2ccccc2)N=N1. The second kappa shape index (κ2) is 5.08. The van der Waals surface area contributed by atoms with Crippen molar-refractivity contribution in [2.75, 3.05) is 0 Å². The summed E-state index contributed by atoms with van der Waals surface area (Å²) in [5, 5.41) is 17.4. The van der Waals surface area contributed by atoms with Gasteiger partial charge in [0.2, 0.25) is 0 Å². The molecule has 4 nitrogen and oxygen atoms in total. The molecule has 0 radical (unpaired) electrons. The molecule has 0 unspecified atom stereocenters. The predicted octanol–water partition coefficient (Wildman–Crippen LogP) is 4.46. The lowest BCUT2D eigenvalue weighted by Crippen LogP contribution is -2.29. The van der Waals surface area contributed by atoms with Gasteiger partial charge < -0.3 is 0 Å². The molecule has 0 atom stereocenters. The van der Waals surface area contributed by atoms with Crippen LogP contribution in [0, 0.1) is 11.3 Å². The second-order valence-electron chi connectivity index (χ2n) is 4.50. The average molecular weight is 261 g/mol. The molecular weight excluding hydrogens is 248 g/mol. The van der Waals surface area contributed by atoms with E-state index in [2.05, 4.69) is 16.4 Å². The van der Waals surface area contributed by atoms with Crippen molar-refractivity contribution in [3.05, 3.63) is 72.6 Å². The molecule has 1 heterocycles. The van der Waals surface area contributed by atoms with Gasteiger partial charge in [0, 0.05) is 29.5 Å². The highest BCUT2D eigenvalue weighted by Crippen LogP contribution is 2.40. The van der Waals surface area contributed by atoms with Crippen LogP contribution in [0.5, 0.6) is 0 Å². The van der Waals surface area contributed by atoms with Gasteiger partial charge in [0.1, 0.15) is 5.70 Å². The summed E-state index contributed by atoms with van der Waals surface area (Å²) in [5.74, 6) is 0. The van der Waals surface area contributed by atoms with Gasteiger partial charge in [0.15, 0.2) is 17.6 Å². The Balaban J connectivity index is 2.17. The van der Waals surface area contributed by atoms with E-state index in [-0.39, 0.29) is 11.0 Å². The van der Waals surface area contributed by atoms with E-state index in [4.69, 9.17) is 5.26 Å². The van der Waals surface area contributed by atoms with Gasteiger partial charge in [0.05, 0.1) is 12.5 Å². The summed E-state index contributed by atoms with van der Waals surface area (Å²) >= 11 is 0. The molecule has 0 spiro atoms. The van der Waals surface area contributed by atoms with Gasteiger partial charge in [-0.3, -0.25) is 0 Å². The van der Waals surface area contributed by atoms with Gasteiger partial charge >= 0.3 is 0 Å². The molecule has 1 aliphatic heterocycles. The number of rotatable bonds is 3. The van der Waals surface area contributed by atoms with Crippen molar-refractivity contribution in [2.45, 2.75) is 6.42 Å². The summed E-state index contributed by atoms with van der Waals surface area (Å²) < 4.78 is 0.179. The third-order valence-corrected chi connectivity index (χ3v) is 3.21. The van der Waals surface area contributed by atoms with Crippen molar-refractivity contribution in [2.24, 2.45) is 10.3 Å². The summed E-state index contributed by atoms with van der Waals surface area (Å²) in [7, 11) is 0. The third-order valence-electron chi connectivity index (χ3n) is 3.21. The largest absolute Gasteiger partial charge is 0.198 e. The molecule has 96 valence electrons. The number of hydrogen-bond donors (Lipinski definition) is 0. The van der Waals surface area contributed by atoms with Crippen LogP contribution in [0.2, 0.25) is 0 Å². The quantitative estimate of drug-likeness (QED) is 0.752. The van der Waals surface area contributed by atoms with E-state index < -0.39 is 0 Å². The van der Waals surface area contributed by atoms with Gasteiger partial charge in [-0.2, -0.15) is 5.26 Å². The topological polar surface area (TPSA) is 48.5 Å². The molecule has 0 bridgehead atoms. The Labute approximate surface area is 117 Å². The summed E-state index contributed by atoms with van der Waals surface area (Å²) in [4.78, 5) is 0. The molecule has 0 N–H and O–H groups in total. The first-order chi connectivity index (χ1) is 9.85. The molecule has 20 heavy (non-hydrogen) atoms. The number of quaternary nitrogens is 1. The van der Waals surface area contributed by atoms with Crippen molar-refractivity contribution in [3.8, 4) is 6.07 Å². The van der Waals surface area contributed by atoms with Crippen LogP contribution < -0.4 is 4.59 Å². The second-order valence-corrected chi connectivity index (χ2v) is 4.50. The van der Waals surface area contributed by atoms with E-state index in [0.29, 0.717) is 5.70 Å². The maximum atomic E-state index is 8.84. The van der Waals surface area contributed by atoms with Crippen LogP contribution in [0.25, 0.3) is 0 Å².